The molecule has 4 amide bonds. The van der Waals surface area contributed by atoms with Crippen LogP contribution in [0.1, 0.15) is 16.7 Å². The number of hydrogen-bond donors (Lipinski definition) is 2. The smallest absolute Gasteiger partial charge is 0.329 e. The number of carbonyl (C=O) groups excluding carboxylic acids is 3. The molecule has 7 nitrogen and oxygen atoms in total. The minimum absolute atomic E-state index is 0.0656. The summed E-state index contributed by atoms with van der Waals surface area (Å²) < 4.78 is 5.91. The summed E-state index contributed by atoms with van der Waals surface area (Å²) in [7, 11) is 0. The molecule has 3 aromatic rings. The van der Waals surface area contributed by atoms with Crippen molar-refractivity contribution in [2.24, 2.45) is 0 Å². The molecule has 0 aromatic heterocycles. The van der Waals surface area contributed by atoms with E-state index >= 15 is 0 Å². The fourth-order valence-corrected chi connectivity index (χ4v) is 3.54. The molecule has 1 aliphatic rings. The SMILES string of the molecule is Cc1cccc(NC(=O)CN2C(=O)N/C(=C/c3ccccc3OCc3ccc(Cl)cc3)C2=O)c1. The summed E-state index contributed by atoms with van der Waals surface area (Å²) >= 11 is 5.92. The molecule has 0 atom stereocenters. The Hall–Kier alpha value is -4.10. The molecule has 1 aliphatic heterocycles. The quantitative estimate of drug-likeness (QED) is 0.381. The van der Waals surface area contributed by atoms with Gasteiger partial charge >= 0.3 is 6.03 Å². The van der Waals surface area contributed by atoms with Crippen LogP contribution in [0.5, 0.6) is 5.75 Å². The normalized spacial score (nSPS) is 14.3. The fourth-order valence-electron chi connectivity index (χ4n) is 3.41. The molecule has 3 aromatic carbocycles. The Kier molecular flexibility index (Phi) is 6.94. The maximum absolute atomic E-state index is 12.8. The van der Waals surface area contributed by atoms with Gasteiger partial charge in [-0.05, 0) is 54.5 Å². The molecular formula is C26H22ClN3O4. The molecule has 1 heterocycles. The first-order valence-corrected chi connectivity index (χ1v) is 10.9. The number of amides is 4. The third-order valence-corrected chi connectivity index (χ3v) is 5.34. The standard InChI is InChI=1S/C26H22ClN3O4/c1-17-5-4-7-21(13-17)28-24(31)15-30-25(32)22(29-26(30)33)14-19-6-2-3-8-23(19)34-16-18-9-11-20(27)12-10-18/h2-14H,15-16H2,1H3,(H,28,31)(H,29,33)/b22-14+. The molecule has 2 N–H and O–H groups in total. The van der Waals surface area contributed by atoms with E-state index in [4.69, 9.17) is 16.3 Å². The molecule has 8 heteroatoms. The Balaban J connectivity index is 1.44. The number of ether oxygens (including phenoxy) is 1. The van der Waals surface area contributed by atoms with E-state index < -0.39 is 24.4 Å². The lowest BCUT2D eigenvalue weighted by atomic mass is 10.1. The zero-order chi connectivity index (χ0) is 24.1. The van der Waals surface area contributed by atoms with Gasteiger partial charge in [-0.25, -0.2) is 9.69 Å². The largest absolute Gasteiger partial charge is 0.488 e. The molecular weight excluding hydrogens is 454 g/mol. The van der Waals surface area contributed by atoms with Crippen LogP contribution >= 0.6 is 11.6 Å². The van der Waals surface area contributed by atoms with Gasteiger partial charge < -0.3 is 15.4 Å². The van der Waals surface area contributed by atoms with Crippen molar-refractivity contribution in [2.75, 3.05) is 11.9 Å². The molecule has 4 rings (SSSR count). The number of anilines is 1. The molecule has 0 radical (unpaired) electrons. The van der Waals surface area contributed by atoms with Crippen molar-refractivity contribution in [1.29, 1.82) is 0 Å². The zero-order valence-corrected chi connectivity index (χ0v) is 19.1. The number of para-hydroxylation sites is 1. The number of halogens is 1. The summed E-state index contributed by atoms with van der Waals surface area (Å²) in [6.45, 7) is 1.81. The summed E-state index contributed by atoms with van der Waals surface area (Å²) in [5, 5.41) is 5.88. The van der Waals surface area contributed by atoms with Crippen LogP contribution in [-0.4, -0.2) is 29.3 Å². The van der Waals surface area contributed by atoms with E-state index in [1.807, 2.05) is 37.3 Å². The van der Waals surface area contributed by atoms with Gasteiger partial charge in [0.1, 0.15) is 24.6 Å². The van der Waals surface area contributed by atoms with Gasteiger partial charge in [0, 0.05) is 16.3 Å². The second kappa shape index (κ2) is 10.2. The molecule has 34 heavy (non-hydrogen) atoms. The summed E-state index contributed by atoms with van der Waals surface area (Å²) in [6, 6.07) is 21.1. The first kappa shape index (κ1) is 23.1. The number of urea groups is 1. The fraction of sp³-hybridized carbons (Fsp3) is 0.115. The molecule has 0 aliphatic carbocycles. The van der Waals surface area contributed by atoms with E-state index in [1.165, 1.54) is 6.08 Å². The van der Waals surface area contributed by atoms with Crippen LogP contribution in [-0.2, 0) is 16.2 Å². The number of carbonyl (C=O) groups is 3. The highest BCUT2D eigenvalue weighted by Gasteiger charge is 2.35. The first-order chi connectivity index (χ1) is 16.4. The Morgan fingerprint density at radius 1 is 1.06 bits per heavy atom. The lowest BCUT2D eigenvalue weighted by Crippen LogP contribution is -2.38. The third kappa shape index (κ3) is 5.63. The second-order valence-corrected chi connectivity index (χ2v) is 8.19. The molecule has 0 unspecified atom stereocenters. The maximum atomic E-state index is 12.8. The number of rotatable bonds is 7. The van der Waals surface area contributed by atoms with E-state index in [9.17, 15) is 14.4 Å². The van der Waals surface area contributed by atoms with E-state index in [-0.39, 0.29) is 5.70 Å². The predicted octanol–water partition coefficient (Wildman–Crippen LogP) is 4.76. The van der Waals surface area contributed by atoms with Crippen molar-refractivity contribution < 1.29 is 19.1 Å². The van der Waals surface area contributed by atoms with Crippen LogP contribution in [0, 0.1) is 6.92 Å². The highest BCUT2D eigenvalue weighted by atomic mass is 35.5. The lowest BCUT2D eigenvalue weighted by Gasteiger charge is -2.12. The monoisotopic (exact) mass is 475 g/mol. The maximum Gasteiger partial charge on any atom is 0.329 e. The van der Waals surface area contributed by atoms with Crippen molar-refractivity contribution in [1.82, 2.24) is 10.2 Å². The Labute approximate surface area is 202 Å². The number of imide groups is 1. The number of aryl methyl sites for hydroxylation is 1. The van der Waals surface area contributed by atoms with Gasteiger partial charge in [0.2, 0.25) is 5.91 Å². The van der Waals surface area contributed by atoms with Gasteiger partial charge in [-0.3, -0.25) is 9.59 Å². The topological polar surface area (TPSA) is 87.7 Å². The number of benzene rings is 3. The summed E-state index contributed by atoms with van der Waals surface area (Å²) in [6.07, 6.45) is 1.54. The Bertz CT molecular complexity index is 1270. The predicted molar refractivity (Wildman–Crippen MR) is 130 cm³/mol. The molecule has 172 valence electrons. The molecule has 0 bridgehead atoms. The highest BCUT2D eigenvalue weighted by molar-refractivity contribution is 6.30. The lowest BCUT2D eigenvalue weighted by molar-refractivity contribution is -0.127. The van der Waals surface area contributed by atoms with Crippen LogP contribution in [0.25, 0.3) is 6.08 Å². The van der Waals surface area contributed by atoms with Gasteiger partial charge in [-0.2, -0.15) is 0 Å². The minimum atomic E-state index is -0.657. The van der Waals surface area contributed by atoms with E-state index in [0.29, 0.717) is 28.6 Å². The summed E-state index contributed by atoms with van der Waals surface area (Å²) in [4.78, 5) is 38.5. The number of nitrogens with zero attached hydrogens (tertiary/aromatic N) is 1. The van der Waals surface area contributed by atoms with E-state index in [0.717, 1.165) is 16.0 Å². The van der Waals surface area contributed by atoms with Crippen molar-refractivity contribution in [2.45, 2.75) is 13.5 Å². The first-order valence-electron chi connectivity index (χ1n) is 10.6. The van der Waals surface area contributed by atoms with Gasteiger partial charge in [0.05, 0.1) is 0 Å². The Morgan fingerprint density at radius 2 is 1.82 bits per heavy atom. The molecule has 1 saturated heterocycles. The van der Waals surface area contributed by atoms with Crippen LogP contribution < -0.4 is 15.4 Å². The second-order valence-electron chi connectivity index (χ2n) is 7.75. The molecule has 1 fully saturated rings. The number of hydrogen-bond acceptors (Lipinski definition) is 4. The van der Waals surface area contributed by atoms with Gasteiger partial charge in [-0.1, -0.05) is 54.1 Å². The van der Waals surface area contributed by atoms with Crippen molar-refractivity contribution in [3.05, 3.63) is 100 Å². The van der Waals surface area contributed by atoms with Gasteiger partial charge in [0.25, 0.3) is 5.91 Å². The van der Waals surface area contributed by atoms with E-state index in [2.05, 4.69) is 10.6 Å². The summed E-state index contributed by atoms with van der Waals surface area (Å²) in [5.41, 5.74) is 3.19. The highest BCUT2D eigenvalue weighted by Crippen LogP contribution is 2.24. The van der Waals surface area contributed by atoms with Crippen LogP contribution in [0.3, 0.4) is 0 Å². The van der Waals surface area contributed by atoms with Crippen LogP contribution in [0.2, 0.25) is 5.02 Å². The Morgan fingerprint density at radius 3 is 2.59 bits per heavy atom. The van der Waals surface area contributed by atoms with Crippen molar-refractivity contribution in [3.8, 4) is 5.75 Å². The van der Waals surface area contributed by atoms with E-state index in [1.54, 1.807) is 42.5 Å². The number of nitrogens with one attached hydrogen (secondary N) is 2. The minimum Gasteiger partial charge on any atom is -0.488 e. The van der Waals surface area contributed by atoms with Crippen LogP contribution in [0.4, 0.5) is 10.5 Å². The van der Waals surface area contributed by atoms with Gasteiger partial charge in [-0.15, -0.1) is 0 Å². The zero-order valence-electron chi connectivity index (χ0n) is 18.4. The third-order valence-electron chi connectivity index (χ3n) is 5.09. The summed E-state index contributed by atoms with van der Waals surface area (Å²) in [5.74, 6) is -0.512. The average Bonchev–Trinajstić information content (AvgIpc) is 3.07. The van der Waals surface area contributed by atoms with Gasteiger partial charge in [0.15, 0.2) is 0 Å². The van der Waals surface area contributed by atoms with Crippen molar-refractivity contribution >= 4 is 41.2 Å². The van der Waals surface area contributed by atoms with Crippen LogP contribution in [0.15, 0.2) is 78.5 Å². The van der Waals surface area contributed by atoms with Crippen molar-refractivity contribution in [3.63, 3.8) is 0 Å². The average molecular weight is 476 g/mol. The molecule has 0 saturated carbocycles. The molecule has 0 spiro atoms.